The number of carbonyl (C=O) groups is 2. The summed E-state index contributed by atoms with van der Waals surface area (Å²) >= 11 is 0. The van der Waals surface area contributed by atoms with E-state index < -0.39 is 0 Å². The van der Waals surface area contributed by atoms with E-state index in [1.165, 1.54) is 0 Å². The van der Waals surface area contributed by atoms with Crippen molar-refractivity contribution in [2.24, 2.45) is 0 Å². The molecule has 0 heterocycles. The van der Waals surface area contributed by atoms with E-state index in [0.29, 0.717) is 16.8 Å². The Kier molecular flexibility index (Phi) is 3.58. The molecule has 0 aliphatic carbocycles. The van der Waals surface area contributed by atoms with E-state index in [4.69, 9.17) is 0 Å². The Balaban J connectivity index is 2.27. The molecule has 1 N–H and O–H groups in total. The van der Waals surface area contributed by atoms with Gasteiger partial charge in [-0.15, -0.1) is 0 Å². The number of benzene rings is 2. The van der Waals surface area contributed by atoms with Gasteiger partial charge in [-0.05, 0) is 18.2 Å². The summed E-state index contributed by atoms with van der Waals surface area (Å²) in [5.41, 5.74) is 2.57. The van der Waals surface area contributed by atoms with Crippen molar-refractivity contribution in [1.82, 2.24) is 0 Å². The molecule has 18 heavy (non-hydrogen) atoms. The molecule has 0 unspecified atom stereocenters. The molecule has 88 valence electrons. The van der Waals surface area contributed by atoms with Gasteiger partial charge >= 0.3 is 0 Å². The van der Waals surface area contributed by atoms with Gasteiger partial charge in [0.05, 0.1) is 5.69 Å². The zero-order valence-corrected chi connectivity index (χ0v) is 10.0. The van der Waals surface area contributed by atoms with Crippen LogP contribution in [-0.4, -0.2) is 20.0 Å². The van der Waals surface area contributed by atoms with E-state index >= 15 is 0 Å². The molecule has 4 heteroatoms. The topological polar surface area (TPSA) is 46.2 Å². The summed E-state index contributed by atoms with van der Waals surface area (Å²) < 4.78 is 0. The smallest absolute Gasteiger partial charge is 0.255 e. The van der Waals surface area contributed by atoms with Crippen molar-refractivity contribution < 1.29 is 9.59 Å². The summed E-state index contributed by atoms with van der Waals surface area (Å²) in [6.45, 7) is 0. The van der Waals surface area contributed by atoms with Crippen molar-refractivity contribution in [2.75, 3.05) is 5.32 Å². The molecule has 3 nitrogen and oxygen atoms in total. The van der Waals surface area contributed by atoms with E-state index in [1.807, 2.05) is 20.0 Å². The predicted molar refractivity (Wildman–Crippen MR) is 74.4 cm³/mol. The minimum atomic E-state index is -0.218. The molecule has 2 aromatic rings. The largest absolute Gasteiger partial charge is 0.321 e. The lowest BCUT2D eigenvalue weighted by Crippen LogP contribution is -2.15. The van der Waals surface area contributed by atoms with Gasteiger partial charge in [0.1, 0.15) is 7.85 Å². The van der Waals surface area contributed by atoms with E-state index in [-0.39, 0.29) is 5.91 Å². The van der Waals surface area contributed by atoms with E-state index in [9.17, 15) is 9.59 Å². The summed E-state index contributed by atoms with van der Waals surface area (Å²) in [7, 11) is 1.91. The van der Waals surface area contributed by atoms with Crippen LogP contribution in [0, 0.1) is 0 Å². The molecule has 2 rings (SSSR count). The quantitative estimate of drug-likeness (QED) is 0.639. The van der Waals surface area contributed by atoms with E-state index in [1.54, 1.807) is 36.4 Å². The zero-order valence-electron chi connectivity index (χ0n) is 10.0. The summed E-state index contributed by atoms with van der Waals surface area (Å²) in [4.78, 5) is 22.9. The molecule has 0 aromatic heterocycles. The van der Waals surface area contributed by atoms with Gasteiger partial charge in [0.15, 0.2) is 6.29 Å². The molecule has 0 aliphatic rings. The Morgan fingerprint density at radius 3 is 2.50 bits per heavy atom. The van der Waals surface area contributed by atoms with Gasteiger partial charge in [0.25, 0.3) is 5.91 Å². The minimum absolute atomic E-state index is 0.218. The van der Waals surface area contributed by atoms with Crippen LogP contribution in [0.1, 0.15) is 20.7 Å². The van der Waals surface area contributed by atoms with Crippen LogP contribution in [0.15, 0.2) is 48.5 Å². The molecule has 0 saturated carbocycles. The van der Waals surface area contributed by atoms with Gasteiger partial charge in [0.2, 0.25) is 0 Å². The number of rotatable bonds is 3. The second-order valence-electron chi connectivity index (χ2n) is 4.03. The van der Waals surface area contributed by atoms with Crippen LogP contribution in [0.2, 0.25) is 0 Å². The van der Waals surface area contributed by atoms with Crippen molar-refractivity contribution in [3.05, 3.63) is 59.7 Å². The summed E-state index contributed by atoms with van der Waals surface area (Å²) in [6, 6.07) is 14.2. The number of carbonyl (C=O) groups excluding carboxylic acids is 2. The third-order valence-corrected chi connectivity index (χ3v) is 2.62. The Hall–Kier alpha value is -2.36. The lowest BCUT2D eigenvalue weighted by molar-refractivity contribution is 0.102. The van der Waals surface area contributed by atoms with Crippen LogP contribution in [0.5, 0.6) is 0 Å². The standard InChI is InChI=1S/C14H12BNO2/c15-12-7-6-11(9-17)13(8-12)16-14(18)10-4-2-1-3-5-10/h1-9H,15H2,(H,16,18). The number of anilines is 1. The second-order valence-corrected chi connectivity index (χ2v) is 4.03. The first-order valence-corrected chi connectivity index (χ1v) is 5.63. The van der Waals surface area contributed by atoms with Gasteiger partial charge in [-0.25, -0.2) is 0 Å². The average molecular weight is 237 g/mol. The number of nitrogens with one attached hydrogen (secondary N) is 1. The third-order valence-electron chi connectivity index (χ3n) is 2.62. The molecule has 2 aromatic carbocycles. The zero-order chi connectivity index (χ0) is 13.0. The highest BCUT2D eigenvalue weighted by Gasteiger charge is 2.08. The fourth-order valence-corrected chi connectivity index (χ4v) is 1.67. The molecule has 0 fully saturated rings. The fourth-order valence-electron chi connectivity index (χ4n) is 1.67. The number of hydrogen-bond donors (Lipinski definition) is 1. The summed E-state index contributed by atoms with van der Waals surface area (Å²) in [5.74, 6) is -0.218. The highest BCUT2D eigenvalue weighted by atomic mass is 16.1. The monoisotopic (exact) mass is 237 g/mol. The van der Waals surface area contributed by atoms with Gasteiger partial charge in [-0.3, -0.25) is 9.59 Å². The van der Waals surface area contributed by atoms with Crippen LogP contribution in [0.3, 0.4) is 0 Å². The maximum atomic E-state index is 12.0. The molecule has 0 radical (unpaired) electrons. The van der Waals surface area contributed by atoms with Crippen LogP contribution in [0.4, 0.5) is 5.69 Å². The van der Waals surface area contributed by atoms with Gasteiger partial charge in [-0.2, -0.15) is 0 Å². The molecule has 0 saturated heterocycles. The van der Waals surface area contributed by atoms with Crippen LogP contribution < -0.4 is 10.8 Å². The normalized spacial score (nSPS) is 9.78. The summed E-state index contributed by atoms with van der Waals surface area (Å²) in [6.07, 6.45) is 0.736. The Morgan fingerprint density at radius 1 is 1.11 bits per heavy atom. The SMILES string of the molecule is Bc1ccc(C=O)c(NC(=O)c2ccccc2)c1. The Bertz CT molecular complexity index is 582. The van der Waals surface area contributed by atoms with E-state index in [2.05, 4.69) is 5.32 Å². The summed E-state index contributed by atoms with van der Waals surface area (Å²) in [5, 5.41) is 2.75. The van der Waals surface area contributed by atoms with Crippen molar-refractivity contribution in [1.29, 1.82) is 0 Å². The minimum Gasteiger partial charge on any atom is -0.321 e. The molecule has 0 atom stereocenters. The molecular formula is C14H12BNO2. The third kappa shape index (κ3) is 2.66. The van der Waals surface area contributed by atoms with Gasteiger partial charge < -0.3 is 5.32 Å². The molecule has 0 bridgehead atoms. The Morgan fingerprint density at radius 2 is 1.83 bits per heavy atom. The lowest BCUT2D eigenvalue weighted by atomic mass is 9.94. The maximum Gasteiger partial charge on any atom is 0.255 e. The first-order chi connectivity index (χ1) is 8.70. The van der Waals surface area contributed by atoms with Crippen molar-refractivity contribution >= 4 is 31.2 Å². The number of amides is 1. The molecule has 0 spiro atoms. The van der Waals surface area contributed by atoms with E-state index in [0.717, 1.165) is 11.7 Å². The fraction of sp³-hybridized carbons (Fsp3) is 0. The van der Waals surface area contributed by atoms with Crippen molar-refractivity contribution in [3.8, 4) is 0 Å². The number of hydrogen-bond acceptors (Lipinski definition) is 2. The van der Waals surface area contributed by atoms with Crippen LogP contribution in [0.25, 0.3) is 0 Å². The second kappa shape index (κ2) is 5.32. The van der Waals surface area contributed by atoms with Crippen molar-refractivity contribution in [2.45, 2.75) is 0 Å². The predicted octanol–water partition coefficient (Wildman–Crippen LogP) is 1.01. The molecule has 1 amide bonds. The van der Waals surface area contributed by atoms with Crippen molar-refractivity contribution in [3.63, 3.8) is 0 Å². The maximum absolute atomic E-state index is 12.0. The van der Waals surface area contributed by atoms with Gasteiger partial charge in [0, 0.05) is 11.1 Å². The lowest BCUT2D eigenvalue weighted by Gasteiger charge is -2.08. The van der Waals surface area contributed by atoms with Gasteiger partial charge in [-0.1, -0.05) is 35.8 Å². The highest BCUT2D eigenvalue weighted by molar-refractivity contribution is 6.33. The van der Waals surface area contributed by atoms with Crippen LogP contribution in [-0.2, 0) is 0 Å². The molecular weight excluding hydrogens is 225 g/mol. The van der Waals surface area contributed by atoms with Crippen LogP contribution >= 0.6 is 0 Å². The molecule has 0 aliphatic heterocycles. The Labute approximate surface area is 106 Å². The first-order valence-electron chi connectivity index (χ1n) is 5.63. The highest BCUT2D eigenvalue weighted by Crippen LogP contribution is 2.12. The number of aldehydes is 1. The average Bonchev–Trinajstić information content (AvgIpc) is 2.40. The first kappa shape index (κ1) is 12.1.